The molecule has 0 aliphatic rings. The minimum Gasteiger partial charge on any atom is -0.317 e. The predicted molar refractivity (Wildman–Crippen MR) is 66.3 cm³/mol. The van der Waals surface area contributed by atoms with Gasteiger partial charge in [-0.05, 0) is 38.8 Å². The molecule has 0 heterocycles. The lowest BCUT2D eigenvalue weighted by atomic mass is 10.3. The molecule has 0 amide bonds. The van der Waals surface area contributed by atoms with Crippen molar-refractivity contribution in [3.8, 4) is 0 Å². The number of nitrogens with one attached hydrogen (secondary N) is 1. The van der Waals surface area contributed by atoms with Crippen LogP contribution in [0, 0.1) is 0 Å². The van der Waals surface area contributed by atoms with Gasteiger partial charge in [0.2, 0.25) is 0 Å². The van der Waals surface area contributed by atoms with Gasteiger partial charge in [0, 0.05) is 0 Å². The van der Waals surface area contributed by atoms with Crippen LogP contribution < -0.4 is 5.32 Å². The van der Waals surface area contributed by atoms with Crippen molar-refractivity contribution in [2.75, 3.05) is 26.3 Å². The average Bonchev–Trinajstić information content (AvgIpc) is 2.22. The number of unbranched alkanes of at least 4 members (excludes halogenated alkanes) is 2. The molecule has 0 radical (unpaired) electrons. The van der Waals surface area contributed by atoms with E-state index in [1.54, 1.807) is 0 Å². The Morgan fingerprint density at radius 1 is 0.737 bits per heavy atom. The van der Waals surface area contributed by atoms with Crippen LogP contribution in [-0.2, 0) is 29.2 Å². The van der Waals surface area contributed by atoms with Gasteiger partial charge in [0.15, 0.2) is 0 Å². The van der Waals surface area contributed by atoms with Crippen molar-refractivity contribution in [2.45, 2.75) is 25.7 Å². The molecule has 0 aliphatic carbocycles. The monoisotopic (exact) mass is 321 g/mol. The number of rotatable bonds is 12. The summed E-state index contributed by atoms with van der Waals surface area (Å²) in [6, 6.07) is 0. The molecule has 0 atom stereocenters. The largest absolute Gasteiger partial charge is 0.397 e. The molecule has 9 nitrogen and oxygen atoms in total. The van der Waals surface area contributed by atoms with E-state index >= 15 is 0 Å². The zero-order valence-corrected chi connectivity index (χ0v) is 12.0. The molecule has 0 saturated heterocycles. The summed E-state index contributed by atoms with van der Waals surface area (Å²) in [5.41, 5.74) is 0. The minimum atomic E-state index is -4.35. The first-order valence-corrected chi connectivity index (χ1v) is 8.38. The van der Waals surface area contributed by atoms with Crippen molar-refractivity contribution in [1.29, 1.82) is 0 Å². The van der Waals surface area contributed by atoms with E-state index < -0.39 is 20.8 Å². The van der Waals surface area contributed by atoms with Crippen LogP contribution in [0.2, 0.25) is 0 Å². The summed E-state index contributed by atoms with van der Waals surface area (Å²) < 4.78 is 65.5. The Labute approximate surface area is 113 Å². The van der Waals surface area contributed by atoms with Gasteiger partial charge in [0.05, 0.1) is 13.2 Å². The summed E-state index contributed by atoms with van der Waals surface area (Å²) in [6.07, 6.45) is 2.32. The second kappa shape index (κ2) is 9.58. The Kier molecular flexibility index (Phi) is 9.43. The fourth-order valence-corrected chi connectivity index (χ4v) is 1.81. The Bertz CT molecular complexity index is 378. The normalized spacial score (nSPS) is 12.7. The summed E-state index contributed by atoms with van der Waals surface area (Å²) in [4.78, 5) is 0. The van der Waals surface area contributed by atoms with Crippen molar-refractivity contribution in [3.63, 3.8) is 0 Å². The van der Waals surface area contributed by atoms with Crippen molar-refractivity contribution >= 4 is 20.8 Å². The maximum Gasteiger partial charge on any atom is 0.397 e. The molecule has 0 unspecified atom stereocenters. The maximum atomic E-state index is 10.2. The van der Waals surface area contributed by atoms with E-state index in [0.29, 0.717) is 38.8 Å². The Hall–Kier alpha value is -0.300. The van der Waals surface area contributed by atoms with E-state index in [9.17, 15) is 16.8 Å². The van der Waals surface area contributed by atoms with Crippen LogP contribution >= 0.6 is 0 Å². The topological polar surface area (TPSA) is 139 Å². The molecule has 0 fully saturated rings. The molecular formula is C8H19NO8S2. The van der Waals surface area contributed by atoms with E-state index in [1.165, 1.54) is 0 Å². The molecule has 19 heavy (non-hydrogen) atoms. The highest BCUT2D eigenvalue weighted by molar-refractivity contribution is 7.81. The van der Waals surface area contributed by atoms with Gasteiger partial charge in [-0.25, -0.2) is 8.37 Å². The SMILES string of the molecule is O=S(=O)(O)OCCCCNCCCCOS(=O)(=O)O. The summed E-state index contributed by atoms with van der Waals surface area (Å²) in [5, 5.41) is 3.05. The van der Waals surface area contributed by atoms with Gasteiger partial charge in [-0.15, -0.1) is 0 Å². The fraction of sp³-hybridized carbons (Fsp3) is 1.00. The Morgan fingerprint density at radius 2 is 1.11 bits per heavy atom. The molecular weight excluding hydrogens is 302 g/mol. The summed E-state index contributed by atoms with van der Waals surface area (Å²) in [5.74, 6) is 0. The predicted octanol–water partition coefficient (Wildman–Crippen LogP) is -0.225. The van der Waals surface area contributed by atoms with E-state index in [2.05, 4.69) is 13.7 Å². The molecule has 11 heteroatoms. The van der Waals surface area contributed by atoms with E-state index in [-0.39, 0.29) is 13.2 Å². The van der Waals surface area contributed by atoms with Crippen LogP contribution in [0.25, 0.3) is 0 Å². The molecule has 0 spiro atoms. The van der Waals surface area contributed by atoms with E-state index in [1.807, 2.05) is 0 Å². The van der Waals surface area contributed by atoms with Crippen molar-refractivity contribution in [1.82, 2.24) is 5.32 Å². The van der Waals surface area contributed by atoms with Gasteiger partial charge in [0.1, 0.15) is 0 Å². The van der Waals surface area contributed by atoms with Crippen LogP contribution in [0.5, 0.6) is 0 Å². The molecule has 0 bridgehead atoms. The van der Waals surface area contributed by atoms with Crippen molar-refractivity contribution in [3.05, 3.63) is 0 Å². The van der Waals surface area contributed by atoms with Crippen LogP contribution in [0.1, 0.15) is 25.7 Å². The second-order valence-corrected chi connectivity index (χ2v) is 5.85. The lowest BCUT2D eigenvalue weighted by molar-refractivity contribution is 0.261. The molecule has 0 rings (SSSR count). The molecule has 0 saturated carbocycles. The highest BCUT2D eigenvalue weighted by Gasteiger charge is 2.03. The zero-order chi connectivity index (χ0) is 14.8. The summed E-state index contributed by atoms with van der Waals surface area (Å²) in [6.45, 7) is 1.16. The number of hydrogen-bond acceptors (Lipinski definition) is 7. The van der Waals surface area contributed by atoms with Crippen LogP contribution in [0.3, 0.4) is 0 Å². The second-order valence-electron chi connectivity index (χ2n) is 3.66. The Morgan fingerprint density at radius 3 is 1.42 bits per heavy atom. The smallest absolute Gasteiger partial charge is 0.317 e. The first-order chi connectivity index (χ1) is 8.71. The van der Waals surface area contributed by atoms with Crippen LogP contribution in [0.15, 0.2) is 0 Å². The number of hydrogen-bond donors (Lipinski definition) is 3. The zero-order valence-electron chi connectivity index (χ0n) is 10.3. The van der Waals surface area contributed by atoms with Crippen LogP contribution in [-0.4, -0.2) is 52.2 Å². The van der Waals surface area contributed by atoms with Gasteiger partial charge < -0.3 is 5.32 Å². The van der Waals surface area contributed by atoms with Gasteiger partial charge >= 0.3 is 20.8 Å². The van der Waals surface area contributed by atoms with E-state index in [4.69, 9.17) is 9.11 Å². The van der Waals surface area contributed by atoms with E-state index in [0.717, 1.165) is 0 Å². The molecule has 0 aromatic rings. The highest BCUT2D eigenvalue weighted by atomic mass is 32.3. The first-order valence-electron chi connectivity index (χ1n) is 5.65. The molecule has 3 N–H and O–H groups in total. The minimum absolute atomic E-state index is 0.0668. The van der Waals surface area contributed by atoms with Crippen molar-refractivity contribution < 1.29 is 34.3 Å². The molecule has 0 aromatic carbocycles. The van der Waals surface area contributed by atoms with Gasteiger partial charge in [-0.2, -0.15) is 16.8 Å². The quantitative estimate of drug-likeness (QED) is 0.328. The molecule has 116 valence electrons. The maximum absolute atomic E-state index is 10.2. The third-order valence-corrected chi connectivity index (χ3v) is 2.89. The lowest BCUT2D eigenvalue weighted by Gasteiger charge is -2.04. The first kappa shape index (κ1) is 18.7. The van der Waals surface area contributed by atoms with Gasteiger partial charge in [-0.3, -0.25) is 9.11 Å². The van der Waals surface area contributed by atoms with Crippen molar-refractivity contribution in [2.24, 2.45) is 0 Å². The summed E-state index contributed by atoms with van der Waals surface area (Å²) >= 11 is 0. The standard InChI is InChI=1S/C8H19NO8S2/c10-18(11,12)16-7-3-1-5-9-6-2-4-8-17-19(13,14)15/h9H,1-8H2,(H,10,11,12)(H,13,14,15). The lowest BCUT2D eigenvalue weighted by Crippen LogP contribution is -2.18. The average molecular weight is 321 g/mol. The highest BCUT2D eigenvalue weighted by Crippen LogP contribution is 1.95. The third kappa shape index (κ3) is 17.7. The molecule has 0 aliphatic heterocycles. The molecule has 0 aromatic heterocycles. The fourth-order valence-electron chi connectivity index (χ4n) is 1.16. The third-order valence-electron chi connectivity index (χ3n) is 1.96. The Balaban J connectivity index is 3.20. The van der Waals surface area contributed by atoms with Gasteiger partial charge in [-0.1, -0.05) is 0 Å². The summed E-state index contributed by atoms with van der Waals surface area (Å²) in [7, 11) is -8.70. The van der Waals surface area contributed by atoms with Gasteiger partial charge in [0.25, 0.3) is 0 Å². The van der Waals surface area contributed by atoms with Crippen LogP contribution in [0.4, 0.5) is 0 Å².